The summed E-state index contributed by atoms with van der Waals surface area (Å²) in [5.74, 6) is 0.836. The van der Waals surface area contributed by atoms with Gasteiger partial charge in [-0.15, -0.1) is 11.3 Å². The van der Waals surface area contributed by atoms with Crippen LogP contribution in [0.25, 0.3) is 6.08 Å². The van der Waals surface area contributed by atoms with Gasteiger partial charge in [-0.2, -0.15) is 0 Å². The van der Waals surface area contributed by atoms with Crippen LogP contribution in [0, 0.1) is 13.8 Å². The van der Waals surface area contributed by atoms with Crippen molar-refractivity contribution in [2.45, 2.75) is 13.8 Å². The Labute approximate surface area is 161 Å². The van der Waals surface area contributed by atoms with Crippen LogP contribution in [-0.4, -0.2) is 38.7 Å². The molecule has 0 saturated heterocycles. The maximum atomic E-state index is 12.2. The summed E-state index contributed by atoms with van der Waals surface area (Å²) in [5, 5.41) is 0. The van der Waals surface area contributed by atoms with Crippen LogP contribution in [0.3, 0.4) is 0 Å². The van der Waals surface area contributed by atoms with E-state index in [4.69, 9.17) is 18.9 Å². The minimum absolute atomic E-state index is 0.209. The van der Waals surface area contributed by atoms with Gasteiger partial charge in [-0.1, -0.05) is 0 Å². The van der Waals surface area contributed by atoms with Gasteiger partial charge in [0.1, 0.15) is 13.2 Å². The SMILES string of the molecule is COc1cc(/C=C/C(=O)OCC(=O)c2cc(C)sc2C)cc2c1OCCO2. The molecule has 142 valence electrons. The van der Waals surface area contributed by atoms with Crippen LogP contribution in [0.1, 0.15) is 25.7 Å². The number of ether oxygens (including phenoxy) is 4. The molecule has 0 fully saturated rings. The topological polar surface area (TPSA) is 71.1 Å². The van der Waals surface area contributed by atoms with E-state index in [-0.39, 0.29) is 12.4 Å². The Morgan fingerprint density at radius 1 is 1.19 bits per heavy atom. The maximum absolute atomic E-state index is 12.2. The molecule has 0 radical (unpaired) electrons. The molecule has 0 bridgehead atoms. The Bertz CT molecular complexity index is 879. The predicted molar refractivity (Wildman–Crippen MR) is 102 cm³/mol. The zero-order valence-corrected chi connectivity index (χ0v) is 16.2. The molecule has 0 amide bonds. The zero-order valence-electron chi connectivity index (χ0n) is 15.4. The lowest BCUT2D eigenvalue weighted by Crippen LogP contribution is -2.16. The summed E-state index contributed by atoms with van der Waals surface area (Å²) < 4.78 is 21.5. The molecule has 0 saturated carbocycles. The van der Waals surface area contributed by atoms with Crippen molar-refractivity contribution < 1.29 is 28.5 Å². The second-order valence-electron chi connectivity index (χ2n) is 5.94. The molecule has 0 N–H and O–H groups in total. The molecular formula is C20H20O6S. The highest BCUT2D eigenvalue weighted by atomic mass is 32.1. The molecule has 2 aromatic rings. The molecule has 0 atom stereocenters. The number of esters is 1. The monoisotopic (exact) mass is 388 g/mol. The van der Waals surface area contributed by atoms with Gasteiger partial charge in [0.25, 0.3) is 0 Å². The van der Waals surface area contributed by atoms with Crippen molar-refractivity contribution in [2.24, 2.45) is 0 Å². The first-order valence-corrected chi connectivity index (χ1v) is 9.22. The van der Waals surface area contributed by atoms with E-state index in [0.717, 1.165) is 9.75 Å². The first-order chi connectivity index (χ1) is 13.0. The number of benzene rings is 1. The smallest absolute Gasteiger partial charge is 0.331 e. The summed E-state index contributed by atoms with van der Waals surface area (Å²) in [6, 6.07) is 5.30. The molecule has 1 aliphatic rings. The fourth-order valence-corrected chi connectivity index (χ4v) is 3.67. The van der Waals surface area contributed by atoms with Crippen LogP contribution in [0.15, 0.2) is 24.3 Å². The van der Waals surface area contributed by atoms with Gasteiger partial charge >= 0.3 is 5.97 Å². The van der Waals surface area contributed by atoms with E-state index in [2.05, 4.69) is 0 Å². The zero-order chi connectivity index (χ0) is 19.4. The van der Waals surface area contributed by atoms with Crippen molar-refractivity contribution in [2.75, 3.05) is 26.9 Å². The molecule has 1 aromatic carbocycles. The van der Waals surface area contributed by atoms with Crippen LogP contribution < -0.4 is 14.2 Å². The lowest BCUT2D eigenvalue weighted by Gasteiger charge is -2.20. The number of fused-ring (bicyclic) bond motifs is 1. The van der Waals surface area contributed by atoms with Crippen LogP contribution in [-0.2, 0) is 9.53 Å². The summed E-state index contributed by atoms with van der Waals surface area (Å²) in [6.45, 7) is 4.44. The average Bonchev–Trinajstić information content (AvgIpc) is 3.01. The normalized spacial score (nSPS) is 12.9. The number of hydrogen-bond donors (Lipinski definition) is 0. The first kappa shape index (κ1) is 19.0. The van der Waals surface area contributed by atoms with Gasteiger partial charge in [-0.3, -0.25) is 4.79 Å². The Morgan fingerprint density at radius 2 is 1.96 bits per heavy atom. The molecule has 0 spiro atoms. The highest BCUT2D eigenvalue weighted by Gasteiger charge is 2.18. The molecule has 0 aliphatic carbocycles. The number of thiophene rings is 1. The Balaban J connectivity index is 1.63. The Kier molecular flexibility index (Phi) is 5.81. The summed E-state index contributed by atoms with van der Waals surface area (Å²) in [5.41, 5.74) is 1.30. The van der Waals surface area contributed by atoms with Crippen molar-refractivity contribution in [3.8, 4) is 17.2 Å². The molecule has 7 heteroatoms. The summed E-state index contributed by atoms with van der Waals surface area (Å²) in [6.07, 6.45) is 2.84. The van der Waals surface area contributed by atoms with Gasteiger partial charge in [-0.25, -0.2) is 4.79 Å². The molecule has 1 aromatic heterocycles. The summed E-state index contributed by atoms with van der Waals surface area (Å²) in [4.78, 5) is 26.1. The lowest BCUT2D eigenvalue weighted by molar-refractivity contribution is -0.136. The number of Topliss-reactive ketones (excluding diaryl/α,β-unsaturated/α-hetero) is 1. The number of aryl methyl sites for hydroxylation is 2. The largest absolute Gasteiger partial charge is 0.493 e. The summed E-state index contributed by atoms with van der Waals surface area (Å²) in [7, 11) is 1.54. The van der Waals surface area contributed by atoms with Gasteiger partial charge in [0, 0.05) is 21.4 Å². The number of ketones is 1. The van der Waals surface area contributed by atoms with Crippen LogP contribution in [0.5, 0.6) is 17.2 Å². The second kappa shape index (κ2) is 8.26. The van der Waals surface area contributed by atoms with Gasteiger partial charge < -0.3 is 18.9 Å². The average molecular weight is 388 g/mol. The number of methoxy groups -OCH3 is 1. The highest BCUT2D eigenvalue weighted by Crippen LogP contribution is 2.40. The van der Waals surface area contributed by atoms with E-state index >= 15 is 0 Å². The quantitative estimate of drug-likeness (QED) is 0.428. The molecule has 3 rings (SSSR count). The maximum Gasteiger partial charge on any atom is 0.331 e. The fraction of sp³-hybridized carbons (Fsp3) is 0.300. The van der Waals surface area contributed by atoms with Crippen molar-refractivity contribution in [1.29, 1.82) is 0 Å². The fourth-order valence-electron chi connectivity index (χ4n) is 2.72. The van der Waals surface area contributed by atoms with Crippen molar-refractivity contribution in [1.82, 2.24) is 0 Å². The van der Waals surface area contributed by atoms with E-state index < -0.39 is 5.97 Å². The van der Waals surface area contributed by atoms with Crippen LogP contribution >= 0.6 is 11.3 Å². The van der Waals surface area contributed by atoms with Crippen molar-refractivity contribution >= 4 is 29.2 Å². The molecule has 2 heterocycles. The standard InChI is InChI=1S/C20H20O6S/c1-12-8-15(13(2)27-12)16(21)11-26-19(22)5-4-14-9-17(23-3)20-18(10-14)24-6-7-25-20/h4-5,8-10H,6-7,11H2,1-3H3/b5-4+. The Hall–Kier alpha value is -2.80. The number of rotatable bonds is 6. The third-order valence-electron chi connectivity index (χ3n) is 3.95. The van der Waals surface area contributed by atoms with E-state index in [9.17, 15) is 9.59 Å². The summed E-state index contributed by atoms with van der Waals surface area (Å²) >= 11 is 1.54. The predicted octanol–water partition coefficient (Wildman–Crippen LogP) is 3.58. The number of carbonyl (C=O) groups is 2. The highest BCUT2D eigenvalue weighted by molar-refractivity contribution is 7.12. The van der Waals surface area contributed by atoms with Crippen LogP contribution in [0.4, 0.5) is 0 Å². The lowest BCUT2D eigenvalue weighted by atomic mass is 10.1. The second-order valence-corrected chi connectivity index (χ2v) is 7.40. The molecule has 0 unspecified atom stereocenters. The molecular weight excluding hydrogens is 368 g/mol. The van der Waals surface area contributed by atoms with E-state index in [1.165, 1.54) is 13.2 Å². The van der Waals surface area contributed by atoms with Gasteiger partial charge in [0.05, 0.1) is 7.11 Å². The van der Waals surface area contributed by atoms with Gasteiger partial charge in [0.2, 0.25) is 11.5 Å². The minimum atomic E-state index is -0.596. The molecule has 27 heavy (non-hydrogen) atoms. The number of carbonyl (C=O) groups excluding carboxylic acids is 2. The molecule has 6 nitrogen and oxygen atoms in total. The van der Waals surface area contributed by atoms with Crippen molar-refractivity contribution in [3.63, 3.8) is 0 Å². The van der Waals surface area contributed by atoms with Crippen LogP contribution in [0.2, 0.25) is 0 Å². The van der Waals surface area contributed by atoms with E-state index in [0.29, 0.717) is 41.6 Å². The molecule has 1 aliphatic heterocycles. The van der Waals surface area contributed by atoms with Gasteiger partial charge in [0.15, 0.2) is 18.1 Å². The number of hydrogen-bond acceptors (Lipinski definition) is 7. The van der Waals surface area contributed by atoms with E-state index in [1.54, 1.807) is 29.5 Å². The van der Waals surface area contributed by atoms with E-state index in [1.807, 2.05) is 19.9 Å². The van der Waals surface area contributed by atoms with Gasteiger partial charge in [-0.05, 0) is 43.7 Å². The van der Waals surface area contributed by atoms with Crippen molar-refractivity contribution in [3.05, 3.63) is 45.2 Å². The third kappa shape index (κ3) is 4.49. The minimum Gasteiger partial charge on any atom is -0.493 e. The first-order valence-electron chi connectivity index (χ1n) is 8.40. The third-order valence-corrected chi connectivity index (χ3v) is 4.92. The Morgan fingerprint density at radius 3 is 2.67 bits per heavy atom.